The Labute approximate surface area is 181 Å². The number of nitrogens with zero attached hydrogens (tertiary/aromatic N) is 1. The Morgan fingerprint density at radius 2 is 1.50 bits per heavy atom. The molecule has 0 N–H and O–H groups in total. The third kappa shape index (κ3) is 4.60. The summed E-state index contributed by atoms with van der Waals surface area (Å²) in [7, 11) is 0. The second-order valence-electron chi connectivity index (χ2n) is 8.18. The van der Waals surface area contributed by atoms with Crippen molar-refractivity contribution in [2.24, 2.45) is 0 Å². The Morgan fingerprint density at radius 1 is 0.800 bits per heavy atom. The van der Waals surface area contributed by atoms with E-state index in [1.54, 1.807) is 0 Å². The molecule has 0 spiro atoms. The fraction of sp³-hybridized carbons (Fsp3) is 0.357. The molecule has 3 aromatic carbocycles. The maximum atomic E-state index is 6.02. The highest BCUT2D eigenvalue weighted by molar-refractivity contribution is 5.45. The molecule has 30 heavy (non-hydrogen) atoms. The largest absolute Gasteiger partial charge is 0.492 e. The summed E-state index contributed by atoms with van der Waals surface area (Å²) in [6.45, 7) is 8.25. The smallest absolute Gasteiger partial charge is 0.119 e. The summed E-state index contributed by atoms with van der Waals surface area (Å²) in [6.07, 6.45) is 2.34. The Balaban J connectivity index is 1.56. The van der Waals surface area contributed by atoms with E-state index in [1.165, 1.54) is 28.7 Å². The minimum atomic E-state index is 0.391. The lowest BCUT2D eigenvalue weighted by Crippen LogP contribution is -2.27. The van der Waals surface area contributed by atoms with Crippen LogP contribution >= 0.6 is 0 Å². The first-order chi connectivity index (χ1) is 14.8. The molecule has 0 heterocycles. The van der Waals surface area contributed by atoms with Gasteiger partial charge in [-0.2, -0.15) is 0 Å². The maximum absolute atomic E-state index is 6.02. The van der Waals surface area contributed by atoms with Crippen molar-refractivity contribution in [2.75, 3.05) is 26.2 Å². The van der Waals surface area contributed by atoms with Crippen LogP contribution in [0, 0.1) is 0 Å². The highest BCUT2D eigenvalue weighted by Crippen LogP contribution is 2.46. The van der Waals surface area contributed by atoms with Gasteiger partial charge in [0.25, 0.3) is 0 Å². The van der Waals surface area contributed by atoms with Gasteiger partial charge in [-0.15, -0.1) is 0 Å². The standard InChI is InChI=1S/C28H33NO/c1-3-29(4-2)20-21-30-25-17-14-24(15-18-25)28-26-13-9-8-12-23(26)16-19-27(28)22-10-6-5-7-11-22/h5-15,17-18,27-28H,3-4,16,19-21H2,1-2H3/t27-,28+/m0/s1. The minimum absolute atomic E-state index is 0.391. The van der Waals surface area contributed by atoms with Crippen LogP contribution in [-0.4, -0.2) is 31.1 Å². The van der Waals surface area contributed by atoms with Crippen molar-refractivity contribution in [1.29, 1.82) is 0 Å². The summed E-state index contributed by atoms with van der Waals surface area (Å²) in [5.74, 6) is 1.86. The molecule has 0 saturated heterocycles. The van der Waals surface area contributed by atoms with E-state index in [9.17, 15) is 0 Å². The number of likely N-dealkylation sites (N-methyl/N-ethyl adjacent to an activating group) is 1. The van der Waals surface area contributed by atoms with E-state index in [-0.39, 0.29) is 0 Å². The van der Waals surface area contributed by atoms with E-state index in [0.29, 0.717) is 11.8 Å². The molecule has 0 unspecified atom stereocenters. The van der Waals surface area contributed by atoms with Crippen LogP contribution in [-0.2, 0) is 6.42 Å². The first-order valence-corrected chi connectivity index (χ1v) is 11.4. The van der Waals surface area contributed by atoms with E-state index < -0.39 is 0 Å². The molecule has 156 valence electrons. The number of benzene rings is 3. The third-order valence-electron chi connectivity index (χ3n) is 6.55. The SMILES string of the molecule is CCN(CC)CCOc1ccc([C@@H]2c3ccccc3CC[C@H]2c2ccccc2)cc1. The summed E-state index contributed by atoms with van der Waals surface area (Å²) in [5, 5.41) is 0. The molecule has 2 nitrogen and oxygen atoms in total. The number of aryl methyl sites for hydroxylation is 1. The van der Waals surface area contributed by atoms with Crippen LogP contribution in [0.3, 0.4) is 0 Å². The lowest BCUT2D eigenvalue weighted by molar-refractivity contribution is 0.223. The molecule has 0 amide bonds. The van der Waals surface area contributed by atoms with Gasteiger partial charge >= 0.3 is 0 Å². The van der Waals surface area contributed by atoms with E-state index in [2.05, 4.69) is 97.6 Å². The minimum Gasteiger partial charge on any atom is -0.492 e. The highest BCUT2D eigenvalue weighted by Gasteiger charge is 2.31. The van der Waals surface area contributed by atoms with E-state index in [0.717, 1.165) is 38.4 Å². The molecule has 0 aromatic heterocycles. The first-order valence-electron chi connectivity index (χ1n) is 11.4. The van der Waals surface area contributed by atoms with Crippen molar-refractivity contribution < 1.29 is 4.74 Å². The monoisotopic (exact) mass is 399 g/mol. The van der Waals surface area contributed by atoms with Gasteiger partial charge in [-0.3, -0.25) is 0 Å². The molecule has 0 radical (unpaired) electrons. The van der Waals surface area contributed by atoms with Gasteiger partial charge in [0.15, 0.2) is 0 Å². The van der Waals surface area contributed by atoms with Gasteiger partial charge in [0.2, 0.25) is 0 Å². The average Bonchev–Trinajstić information content (AvgIpc) is 2.82. The van der Waals surface area contributed by atoms with Gasteiger partial charge in [0, 0.05) is 12.5 Å². The van der Waals surface area contributed by atoms with Crippen molar-refractivity contribution in [2.45, 2.75) is 38.5 Å². The highest BCUT2D eigenvalue weighted by atomic mass is 16.5. The van der Waals surface area contributed by atoms with Gasteiger partial charge in [0.1, 0.15) is 12.4 Å². The normalized spacial score (nSPS) is 18.2. The van der Waals surface area contributed by atoms with E-state index in [4.69, 9.17) is 4.74 Å². The van der Waals surface area contributed by atoms with Gasteiger partial charge in [-0.1, -0.05) is 80.6 Å². The van der Waals surface area contributed by atoms with Crippen molar-refractivity contribution in [3.05, 3.63) is 101 Å². The number of rotatable bonds is 8. The molecule has 4 rings (SSSR count). The molecule has 0 bridgehead atoms. The Hall–Kier alpha value is -2.58. The number of fused-ring (bicyclic) bond motifs is 1. The Morgan fingerprint density at radius 3 is 2.23 bits per heavy atom. The van der Waals surface area contributed by atoms with Gasteiger partial charge in [-0.25, -0.2) is 0 Å². The zero-order valence-corrected chi connectivity index (χ0v) is 18.3. The van der Waals surface area contributed by atoms with Crippen LogP contribution in [0.2, 0.25) is 0 Å². The second kappa shape index (κ2) is 9.95. The topological polar surface area (TPSA) is 12.5 Å². The third-order valence-corrected chi connectivity index (χ3v) is 6.55. The van der Waals surface area contributed by atoms with Crippen LogP contribution in [0.25, 0.3) is 0 Å². The molecule has 0 aliphatic heterocycles. The lowest BCUT2D eigenvalue weighted by Gasteiger charge is -2.34. The summed E-state index contributed by atoms with van der Waals surface area (Å²) in [4.78, 5) is 2.39. The molecule has 0 saturated carbocycles. The van der Waals surface area contributed by atoms with E-state index in [1.807, 2.05) is 0 Å². The van der Waals surface area contributed by atoms with Crippen molar-refractivity contribution >= 4 is 0 Å². The number of ether oxygens (including phenoxy) is 1. The van der Waals surface area contributed by atoms with Crippen molar-refractivity contribution in [3.63, 3.8) is 0 Å². The molecule has 1 aliphatic rings. The molecular formula is C28H33NO. The molecule has 2 heteroatoms. The van der Waals surface area contributed by atoms with Crippen LogP contribution in [0.1, 0.15) is 54.4 Å². The lowest BCUT2D eigenvalue weighted by atomic mass is 9.69. The predicted octanol–water partition coefficient (Wildman–Crippen LogP) is 6.27. The summed E-state index contributed by atoms with van der Waals surface area (Å²) in [6, 6.07) is 28.8. The maximum Gasteiger partial charge on any atom is 0.119 e. The summed E-state index contributed by atoms with van der Waals surface area (Å²) < 4.78 is 6.02. The summed E-state index contributed by atoms with van der Waals surface area (Å²) in [5.41, 5.74) is 5.80. The molecule has 2 atom stereocenters. The molecule has 3 aromatic rings. The van der Waals surface area contributed by atoms with Crippen molar-refractivity contribution in [3.8, 4) is 5.75 Å². The van der Waals surface area contributed by atoms with Crippen LogP contribution in [0.5, 0.6) is 5.75 Å². The van der Waals surface area contributed by atoms with E-state index >= 15 is 0 Å². The van der Waals surface area contributed by atoms with Crippen LogP contribution in [0.15, 0.2) is 78.9 Å². The fourth-order valence-corrected chi connectivity index (χ4v) is 4.83. The quantitative estimate of drug-likeness (QED) is 0.443. The zero-order chi connectivity index (χ0) is 20.8. The van der Waals surface area contributed by atoms with Crippen LogP contribution < -0.4 is 4.74 Å². The van der Waals surface area contributed by atoms with Gasteiger partial charge < -0.3 is 9.64 Å². The molecule has 0 fully saturated rings. The van der Waals surface area contributed by atoms with Gasteiger partial charge in [0.05, 0.1) is 0 Å². The predicted molar refractivity (Wildman–Crippen MR) is 126 cm³/mol. The van der Waals surface area contributed by atoms with Crippen molar-refractivity contribution in [1.82, 2.24) is 4.90 Å². The summed E-state index contributed by atoms with van der Waals surface area (Å²) >= 11 is 0. The number of hydrogen-bond acceptors (Lipinski definition) is 2. The molecule has 1 aliphatic carbocycles. The molecular weight excluding hydrogens is 366 g/mol. The second-order valence-corrected chi connectivity index (χ2v) is 8.18. The Kier molecular flexibility index (Phi) is 6.86. The fourth-order valence-electron chi connectivity index (χ4n) is 4.83. The average molecular weight is 400 g/mol. The zero-order valence-electron chi connectivity index (χ0n) is 18.3. The number of hydrogen-bond donors (Lipinski definition) is 0. The first kappa shape index (κ1) is 20.7. The van der Waals surface area contributed by atoms with Crippen LogP contribution in [0.4, 0.5) is 0 Å². The Bertz CT molecular complexity index is 915. The van der Waals surface area contributed by atoms with Gasteiger partial charge in [-0.05, 0) is 66.2 Å².